The third kappa shape index (κ3) is 6.13. The Hall–Kier alpha value is -3.20. The molecule has 1 aliphatic heterocycles. The number of rotatable bonds is 5. The first-order valence-corrected chi connectivity index (χ1v) is 13.6. The molecule has 1 amide bonds. The number of aromatic nitrogens is 2. The average molecular weight is 524 g/mol. The van der Waals surface area contributed by atoms with Crippen LogP contribution in [-0.4, -0.2) is 33.2 Å². The number of hydrogen-bond donors (Lipinski definition) is 3. The van der Waals surface area contributed by atoms with E-state index in [1.807, 2.05) is 42.6 Å². The van der Waals surface area contributed by atoms with Gasteiger partial charge in [-0.1, -0.05) is 38.3 Å². The van der Waals surface area contributed by atoms with Gasteiger partial charge in [-0.3, -0.25) is 9.10 Å². The third-order valence-corrected chi connectivity index (χ3v) is 7.36. The summed E-state index contributed by atoms with van der Waals surface area (Å²) in [6.45, 7) is 5.81. The number of anilines is 2. The molecule has 36 heavy (non-hydrogen) atoms. The number of halogens is 1. The van der Waals surface area contributed by atoms with Crippen molar-refractivity contribution >= 4 is 51.1 Å². The van der Waals surface area contributed by atoms with Gasteiger partial charge in [0.25, 0.3) is 5.91 Å². The largest absolute Gasteiger partial charge is 0.360 e. The molecule has 188 valence electrons. The second-order valence-corrected chi connectivity index (χ2v) is 10.0. The summed E-state index contributed by atoms with van der Waals surface area (Å²) in [5, 5.41) is 3.47. The number of nitrogens with zero attached hydrogens (tertiary/aromatic N) is 2. The van der Waals surface area contributed by atoms with Crippen molar-refractivity contribution in [2.45, 2.75) is 33.1 Å². The number of aromatic amines is 1. The van der Waals surface area contributed by atoms with E-state index >= 15 is 0 Å². The quantitative estimate of drug-likeness (QED) is 0.286. The summed E-state index contributed by atoms with van der Waals surface area (Å²) in [7, 11) is 0. The van der Waals surface area contributed by atoms with E-state index in [0.29, 0.717) is 22.8 Å². The van der Waals surface area contributed by atoms with Gasteiger partial charge in [-0.15, -0.1) is 0 Å². The maximum absolute atomic E-state index is 12.8. The summed E-state index contributed by atoms with van der Waals surface area (Å²) in [5.41, 5.74) is 5.20. The van der Waals surface area contributed by atoms with Crippen LogP contribution in [0.5, 0.6) is 0 Å². The van der Waals surface area contributed by atoms with Crippen molar-refractivity contribution in [3.8, 4) is 11.3 Å². The highest BCUT2D eigenvalue weighted by Crippen LogP contribution is 2.31. The van der Waals surface area contributed by atoms with E-state index in [4.69, 9.17) is 11.6 Å². The minimum atomic E-state index is -1.24. The fourth-order valence-electron chi connectivity index (χ4n) is 3.63. The lowest BCUT2D eigenvalue weighted by atomic mass is 10.1. The highest BCUT2D eigenvalue weighted by molar-refractivity contribution is 7.84. The van der Waals surface area contributed by atoms with Crippen molar-refractivity contribution < 1.29 is 9.00 Å². The van der Waals surface area contributed by atoms with Gasteiger partial charge in [-0.05, 0) is 67.1 Å². The van der Waals surface area contributed by atoms with Crippen molar-refractivity contribution in [2.75, 3.05) is 22.7 Å². The van der Waals surface area contributed by atoms with E-state index in [2.05, 4.69) is 33.9 Å². The molecule has 0 aliphatic carbocycles. The number of carbonyl (C=O) groups excluding carboxylic acids is 1. The number of fused-ring (bicyclic) bond motifs is 1. The van der Waals surface area contributed by atoms with E-state index in [9.17, 15) is 9.00 Å². The van der Waals surface area contributed by atoms with Gasteiger partial charge in [0.1, 0.15) is 0 Å². The molecular weight excluding hydrogens is 494 g/mol. The molecule has 1 unspecified atom stereocenters. The monoisotopic (exact) mass is 523 g/mol. The highest BCUT2D eigenvalue weighted by Gasteiger charge is 2.18. The molecule has 0 spiro atoms. The summed E-state index contributed by atoms with van der Waals surface area (Å²) < 4.78 is 16.8. The SMILES string of the molecule is CCCC.O=C(Nc1ccc(Cl)c(-c2ccc3[nH]ccc3n2)c1)c1ccc(N2CCCNS2=O)cc1. The fourth-order valence-corrected chi connectivity index (χ4v) is 4.93. The van der Waals surface area contributed by atoms with Crippen LogP contribution in [0.1, 0.15) is 43.5 Å². The van der Waals surface area contributed by atoms with Gasteiger partial charge in [-0.25, -0.2) is 13.9 Å². The zero-order chi connectivity index (χ0) is 25.5. The fraction of sp³-hybridized carbons (Fsp3) is 0.259. The molecule has 1 atom stereocenters. The standard InChI is InChI=1S/C23H20ClN5O2S.C4H10/c24-19-7-4-16(14-18(19)20-8-9-21-22(28-20)10-12-25-21)27-23(30)15-2-5-17(6-3-15)29-13-1-11-26-32(29)31;1-3-4-2/h2-10,12,14,25-26H,1,11,13H2,(H,27,30);3-4H2,1-2H3. The lowest BCUT2D eigenvalue weighted by Gasteiger charge is -2.27. The van der Waals surface area contributed by atoms with E-state index in [1.165, 1.54) is 12.8 Å². The van der Waals surface area contributed by atoms with Crippen LogP contribution in [0.2, 0.25) is 5.02 Å². The Labute approximate surface area is 219 Å². The van der Waals surface area contributed by atoms with Gasteiger partial charge in [0.2, 0.25) is 0 Å². The van der Waals surface area contributed by atoms with E-state index < -0.39 is 11.2 Å². The third-order valence-electron chi connectivity index (χ3n) is 5.79. The molecule has 1 saturated heterocycles. The van der Waals surface area contributed by atoms with Crippen LogP contribution in [0, 0.1) is 0 Å². The number of hydrogen-bond acceptors (Lipinski definition) is 3. The van der Waals surface area contributed by atoms with Gasteiger partial charge >= 0.3 is 0 Å². The lowest BCUT2D eigenvalue weighted by Crippen LogP contribution is -2.42. The van der Waals surface area contributed by atoms with Crippen molar-refractivity contribution in [3.63, 3.8) is 0 Å². The van der Waals surface area contributed by atoms with Crippen LogP contribution in [0.3, 0.4) is 0 Å². The van der Waals surface area contributed by atoms with Gasteiger partial charge in [0.05, 0.1) is 27.4 Å². The van der Waals surface area contributed by atoms with E-state index in [0.717, 1.165) is 40.9 Å². The predicted molar refractivity (Wildman–Crippen MR) is 150 cm³/mol. The molecule has 3 N–H and O–H groups in total. The Morgan fingerprint density at radius 2 is 1.86 bits per heavy atom. The number of nitrogens with one attached hydrogen (secondary N) is 3. The van der Waals surface area contributed by atoms with Crippen molar-refractivity contribution in [3.05, 3.63) is 77.4 Å². The maximum Gasteiger partial charge on any atom is 0.255 e. The first kappa shape index (κ1) is 25.9. The number of amides is 1. The molecule has 4 aromatic rings. The summed E-state index contributed by atoms with van der Waals surface area (Å²) >= 11 is 5.17. The van der Waals surface area contributed by atoms with Crippen LogP contribution in [0.4, 0.5) is 11.4 Å². The molecule has 1 fully saturated rings. The second-order valence-electron chi connectivity index (χ2n) is 8.40. The Balaban J connectivity index is 0.000000709. The van der Waals surface area contributed by atoms with Crippen molar-refractivity contribution in [2.24, 2.45) is 0 Å². The molecule has 5 rings (SSSR count). The molecule has 3 heterocycles. The molecule has 0 radical (unpaired) electrons. The number of benzene rings is 2. The smallest absolute Gasteiger partial charge is 0.255 e. The Kier molecular flexibility index (Phi) is 8.74. The zero-order valence-corrected chi connectivity index (χ0v) is 22.0. The van der Waals surface area contributed by atoms with E-state index in [1.54, 1.807) is 28.6 Å². The van der Waals surface area contributed by atoms with Crippen molar-refractivity contribution in [1.82, 2.24) is 14.7 Å². The number of pyridine rings is 1. The highest BCUT2D eigenvalue weighted by atomic mass is 35.5. The first-order valence-electron chi connectivity index (χ1n) is 12.1. The minimum Gasteiger partial charge on any atom is -0.360 e. The lowest BCUT2D eigenvalue weighted by molar-refractivity contribution is 0.102. The molecule has 9 heteroatoms. The van der Waals surface area contributed by atoms with Crippen LogP contribution in [0.15, 0.2) is 66.9 Å². The molecule has 0 bridgehead atoms. The Morgan fingerprint density at radius 3 is 2.58 bits per heavy atom. The minimum absolute atomic E-state index is 0.239. The van der Waals surface area contributed by atoms with Crippen molar-refractivity contribution in [1.29, 1.82) is 0 Å². The Morgan fingerprint density at radius 1 is 1.08 bits per heavy atom. The number of unbranched alkanes of at least 4 members (excludes halogenated alkanes) is 1. The summed E-state index contributed by atoms with van der Waals surface area (Å²) in [6, 6.07) is 18.1. The van der Waals surface area contributed by atoms with Crippen LogP contribution in [-0.2, 0) is 11.2 Å². The summed E-state index contributed by atoms with van der Waals surface area (Å²) in [6.07, 6.45) is 5.39. The first-order chi connectivity index (χ1) is 17.5. The Bertz CT molecular complexity index is 1350. The molecule has 2 aromatic carbocycles. The van der Waals surface area contributed by atoms with Gasteiger partial charge in [-0.2, -0.15) is 0 Å². The predicted octanol–water partition coefficient (Wildman–Crippen LogP) is 6.32. The normalized spacial score (nSPS) is 15.3. The van der Waals surface area contributed by atoms with Crippen LogP contribution < -0.4 is 14.3 Å². The van der Waals surface area contributed by atoms with E-state index in [-0.39, 0.29) is 5.91 Å². The maximum atomic E-state index is 12.8. The number of H-pyrrole nitrogens is 1. The molecule has 1 aliphatic rings. The van der Waals surface area contributed by atoms with Gasteiger partial charge in [0.15, 0.2) is 11.2 Å². The molecule has 0 saturated carbocycles. The van der Waals surface area contributed by atoms with Gasteiger partial charge < -0.3 is 10.3 Å². The average Bonchev–Trinajstić information content (AvgIpc) is 3.38. The second kappa shape index (κ2) is 12.2. The topological polar surface area (TPSA) is 90.1 Å². The summed E-state index contributed by atoms with van der Waals surface area (Å²) in [5.74, 6) is -0.239. The molecule has 7 nitrogen and oxygen atoms in total. The zero-order valence-electron chi connectivity index (χ0n) is 20.4. The van der Waals surface area contributed by atoms with Crippen LogP contribution >= 0.6 is 11.6 Å². The van der Waals surface area contributed by atoms with Gasteiger partial charge in [0, 0.05) is 36.1 Å². The molecular formula is C27H30ClN5O2S. The van der Waals surface area contributed by atoms with Crippen LogP contribution in [0.25, 0.3) is 22.3 Å². The molecule has 2 aromatic heterocycles. The summed E-state index contributed by atoms with van der Waals surface area (Å²) in [4.78, 5) is 20.6. The number of carbonyl (C=O) groups is 1.